The van der Waals surface area contributed by atoms with Gasteiger partial charge in [-0.25, -0.2) is 0 Å². The van der Waals surface area contributed by atoms with Crippen LogP contribution in [0.3, 0.4) is 0 Å². The lowest BCUT2D eigenvalue weighted by Gasteiger charge is -2.29. The lowest BCUT2D eigenvalue weighted by atomic mass is 9.99. The first kappa shape index (κ1) is 13.4. The first-order valence-electron chi connectivity index (χ1n) is 5.93. The summed E-state index contributed by atoms with van der Waals surface area (Å²) in [5.74, 6) is 0.947. The predicted octanol–water partition coefficient (Wildman–Crippen LogP) is 1.56. The molecule has 2 rings (SSSR count). The number of amides is 1. The van der Waals surface area contributed by atoms with Gasteiger partial charge >= 0.3 is 0 Å². The molecule has 0 fully saturated rings. The zero-order valence-corrected chi connectivity index (χ0v) is 12.2. The molecule has 0 saturated heterocycles. The van der Waals surface area contributed by atoms with Crippen molar-refractivity contribution in [2.24, 2.45) is 0 Å². The van der Waals surface area contributed by atoms with Gasteiger partial charge in [-0.2, -0.15) is 0 Å². The SMILES string of the molecule is CNC(=O)CN1CCc2c(Br)ccc(OC)c2C1. The van der Waals surface area contributed by atoms with Crippen LogP contribution in [0.25, 0.3) is 0 Å². The van der Waals surface area contributed by atoms with Crippen molar-refractivity contribution in [1.82, 2.24) is 10.2 Å². The molecular weight excluding hydrogens is 296 g/mol. The van der Waals surface area contributed by atoms with Crippen LogP contribution in [0.4, 0.5) is 0 Å². The van der Waals surface area contributed by atoms with Gasteiger partial charge in [0, 0.05) is 30.2 Å². The Balaban J connectivity index is 2.22. The molecule has 0 saturated carbocycles. The van der Waals surface area contributed by atoms with E-state index in [0.29, 0.717) is 6.54 Å². The molecule has 98 valence electrons. The first-order valence-corrected chi connectivity index (χ1v) is 6.72. The van der Waals surface area contributed by atoms with E-state index in [-0.39, 0.29) is 5.91 Å². The number of nitrogens with zero attached hydrogens (tertiary/aromatic N) is 1. The second kappa shape index (κ2) is 5.71. The monoisotopic (exact) mass is 312 g/mol. The van der Waals surface area contributed by atoms with Crippen LogP contribution in [-0.4, -0.2) is 38.1 Å². The Bertz CT molecular complexity index is 463. The van der Waals surface area contributed by atoms with Crippen molar-refractivity contribution in [3.8, 4) is 5.75 Å². The number of methoxy groups -OCH3 is 1. The minimum absolute atomic E-state index is 0.0485. The Morgan fingerprint density at radius 1 is 1.50 bits per heavy atom. The van der Waals surface area contributed by atoms with E-state index >= 15 is 0 Å². The molecule has 1 aromatic carbocycles. The molecular formula is C13H17BrN2O2. The zero-order valence-electron chi connectivity index (χ0n) is 10.6. The topological polar surface area (TPSA) is 41.6 Å². The van der Waals surface area contributed by atoms with Crippen molar-refractivity contribution < 1.29 is 9.53 Å². The van der Waals surface area contributed by atoms with Crippen molar-refractivity contribution in [2.45, 2.75) is 13.0 Å². The van der Waals surface area contributed by atoms with Gasteiger partial charge in [-0.3, -0.25) is 9.69 Å². The normalized spacial score (nSPS) is 15.1. The maximum absolute atomic E-state index is 11.4. The number of nitrogens with one attached hydrogen (secondary N) is 1. The van der Waals surface area contributed by atoms with Crippen LogP contribution in [0, 0.1) is 0 Å². The molecule has 1 N–H and O–H groups in total. The molecule has 0 aliphatic carbocycles. The van der Waals surface area contributed by atoms with Crippen molar-refractivity contribution in [3.05, 3.63) is 27.7 Å². The van der Waals surface area contributed by atoms with Gasteiger partial charge < -0.3 is 10.1 Å². The van der Waals surface area contributed by atoms with Gasteiger partial charge in [0.25, 0.3) is 0 Å². The van der Waals surface area contributed by atoms with Crippen LogP contribution in [0.15, 0.2) is 16.6 Å². The van der Waals surface area contributed by atoms with Crippen LogP contribution in [0.1, 0.15) is 11.1 Å². The summed E-state index contributed by atoms with van der Waals surface area (Å²) in [6, 6.07) is 3.98. The van der Waals surface area contributed by atoms with E-state index in [1.54, 1.807) is 14.2 Å². The van der Waals surface area contributed by atoms with Gasteiger partial charge in [-0.05, 0) is 24.1 Å². The Labute approximate surface area is 115 Å². The third-order valence-electron chi connectivity index (χ3n) is 3.26. The Morgan fingerprint density at radius 3 is 2.94 bits per heavy atom. The number of benzene rings is 1. The number of carbonyl (C=O) groups excluding carboxylic acids is 1. The highest BCUT2D eigenvalue weighted by Gasteiger charge is 2.22. The molecule has 1 amide bonds. The third-order valence-corrected chi connectivity index (χ3v) is 4.00. The molecule has 1 aliphatic heterocycles. The maximum atomic E-state index is 11.4. The van der Waals surface area contributed by atoms with E-state index in [9.17, 15) is 4.79 Å². The molecule has 0 spiro atoms. The van der Waals surface area contributed by atoms with Crippen LogP contribution in [0.5, 0.6) is 5.75 Å². The average molecular weight is 313 g/mol. The third kappa shape index (κ3) is 2.67. The minimum atomic E-state index is 0.0485. The van der Waals surface area contributed by atoms with Gasteiger partial charge in [0.15, 0.2) is 0 Å². The molecule has 0 radical (unpaired) electrons. The lowest BCUT2D eigenvalue weighted by Crippen LogP contribution is -2.38. The van der Waals surface area contributed by atoms with E-state index in [4.69, 9.17) is 4.74 Å². The summed E-state index contributed by atoms with van der Waals surface area (Å²) in [7, 11) is 3.35. The van der Waals surface area contributed by atoms with Crippen LogP contribution in [-0.2, 0) is 17.8 Å². The molecule has 1 aromatic rings. The molecule has 0 unspecified atom stereocenters. The number of ether oxygens (including phenoxy) is 1. The lowest BCUT2D eigenvalue weighted by molar-refractivity contribution is -0.121. The summed E-state index contributed by atoms with van der Waals surface area (Å²) in [5, 5.41) is 2.66. The van der Waals surface area contributed by atoms with Crippen molar-refractivity contribution in [2.75, 3.05) is 27.2 Å². The average Bonchev–Trinajstić information content (AvgIpc) is 2.39. The largest absolute Gasteiger partial charge is 0.496 e. The summed E-state index contributed by atoms with van der Waals surface area (Å²) >= 11 is 3.58. The molecule has 1 heterocycles. The van der Waals surface area contributed by atoms with E-state index in [1.165, 1.54) is 11.1 Å². The van der Waals surface area contributed by atoms with E-state index in [2.05, 4.69) is 26.1 Å². The number of fused-ring (bicyclic) bond motifs is 1. The summed E-state index contributed by atoms with van der Waals surface area (Å²) in [6.07, 6.45) is 0.935. The van der Waals surface area contributed by atoms with Gasteiger partial charge in [-0.15, -0.1) is 0 Å². The molecule has 0 atom stereocenters. The van der Waals surface area contributed by atoms with Gasteiger partial charge in [0.05, 0.1) is 13.7 Å². The van der Waals surface area contributed by atoms with Crippen molar-refractivity contribution >= 4 is 21.8 Å². The summed E-state index contributed by atoms with van der Waals surface area (Å²) in [5.41, 5.74) is 2.48. The zero-order chi connectivity index (χ0) is 13.1. The number of rotatable bonds is 3. The number of hydrogen-bond donors (Lipinski definition) is 1. The molecule has 5 heteroatoms. The van der Waals surface area contributed by atoms with Crippen molar-refractivity contribution in [3.63, 3.8) is 0 Å². The second-order valence-corrected chi connectivity index (χ2v) is 5.19. The van der Waals surface area contributed by atoms with Gasteiger partial charge in [0.2, 0.25) is 5.91 Å². The smallest absolute Gasteiger partial charge is 0.233 e. The van der Waals surface area contributed by atoms with E-state index in [1.807, 2.05) is 12.1 Å². The van der Waals surface area contributed by atoms with Gasteiger partial charge in [-0.1, -0.05) is 15.9 Å². The number of halogens is 1. The fraction of sp³-hybridized carbons (Fsp3) is 0.462. The molecule has 0 bridgehead atoms. The Morgan fingerprint density at radius 2 is 2.28 bits per heavy atom. The Kier molecular flexibility index (Phi) is 4.24. The standard InChI is InChI=1S/C13H17BrN2O2/c1-15-13(17)8-16-6-5-9-10(7-16)12(18-2)4-3-11(9)14/h3-4H,5-8H2,1-2H3,(H,15,17). The van der Waals surface area contributed by atoms with Crippen LogP contribution in [0.2, 0.25) is 0 Å². The summed E-state index contributed by atoms with van der Waals surface area (Å²) in [6.45, 7) is 2.09. The predicted molar refractivity (Wildman–Crippen MR) is 73.7 cm³/mol. The van der Waals surface area contributed by atoms with Gasteiger partial charge in [0.1, 0.15) is 5.75 Å². The second-order valence-electron chi connectivity index (χ2n) is 4.34. The fourth-order valence-corrected chi connectivity index (χ4v) is 2.84. The fourth-order valence-electron chi connectivity index (χ4n) is 2.27. The first-order chi connectivity index (χ1) is 8.65. The minimum Gasteiger partial charge on any atom is -0.496 e. The van der Waals surface area contributed by atoms with Crippen LogP contribution >= 0.6 is 15.9 Å². The molecule has 0 aromatic heterocycles. The maximum Gasteiger partial charge on any atom is 0.233 e. The molecule has 4 nitrogen and oxygen atoms in total. The van der Waals surface area contributed by atoms with Crippen LogP contribution < -0.4 is 10.1 Å². The summed E-state index contributed by atoms with van der Waals surface area (Å²) in [4.78, 5) is 13.6. The number of likely N-dealkylation sites (N-methyl/N-ethyl adjacent to an activating group) is 1. The number of carbonyl (C=O) groups is 1. The summed E-state index contributed by atoms with van der Waals surface area (Å²) < 4.78 is 6.52. The molecule has 1 aliphatic rings. The highest BCUT2D eigenvalue weighted by molar-refractivity contribution is 9.10. The molecule has 18 heavy (non-hydrogen) atoms. The quantitative estimate of drug-likeness (QED) is 0.921. The van der Waals surface area contributed by atoms with Crippen molar-refractivity contribution in [1.29, 1.82) is 0 Å². The Hall–Kier alpha value is -1.07. The van der Waals surface area contributed by atoms with E-state index in [0.717, 1.165) is 29.7 Å². The highest BCUT2D eigenvalue weighted by Crippen LogP contribution is 2.33. The van der Waals surface area contributed by atoms with E-state index < -0.39 is 0 Å². The highest BCUT2D eigenvalue weighted by atomic mass is 79.9. The number of hydrogen-bond acceptors (Lipinski definition) is 3.